The van der Waals surface area contributed by atoms with Gasteiger partial charge in [-0.25, -0.2) is 0 Å². The lowest BCUT2D eigenvalue weighted by molar-refractivity contribution is -0.000640. The third-order valence-corrected chi connectivity index (χ3v) is 3.98. The molecule has 0 aromatic heterocycles. The largest absolute Gasteiger partial charge is 0.332 e. The van der Waals surface area contributed by atoms with Gasteiger partial charge in [-0.05, 0) is 17.0 Å². The van der Waals surface area contributed by atoms with Gasteiger partial charge in [0.05, 0.1) is 20.5 Å². The lowest BCUT2D eigenvalue weighted by atomic mass is 9.94. The summed E-state index contributed by atoms with van der Waals surface area (Å²) < 4.78 is 6.46. The molecule has 0 bridgehead atoms. The summed E-state index contributed by atoms with van der Waals surface area (Å²) in [4.78, 5) is 0. The predicted molar refractivity (Wildman–Crippen MR) is 72.1 cm³/mol. The molecule has 0 N–H and O–H groups in total. The number of hydrogen-bond acceptors (Lipinski definition) is 1. The molecular formula is C15H18NO+. The fourth-order valence-corrected chi connectivity index (χ4v) is 2.97. The average molecular weight is 228 g/mol. The Balaban J connectivity index is 2.36. The summed E-state index contributed by atoms with van der Waals surface area (Å²) in [5, 5.41) is 2.74. The molecular weight excluding hydrogens is 210 g/mol. The van der Waals surface area contributed by atoms with E-state index in [1.54, 1.807) is 7.11 Å². The minimum atomic E-state index is 0.204. The molecule has 2 aromatic rings. The van der Waals surface area contributed by atoms with Crippen molar-refractivity contribution >= 4 is 16.5 Å². The van der Waals surface area contributed by atoms with Crippen LogP contribution in [-0.4, -0.2) is 27.4 Å². The van der Waals surface area contributed by atoms with E-state index in [2.05, 4.69) is 50.5 Å². The van der Waals surface area contributed by atoms with Crippen LogP contribution < -0.4 is 4.48 Å². The molecule has 1 unspecified atom stereocenters. The Morgan fingerprint density at radius 2 is 1.82 bits per heavy atom. The summed E-state index contributed by atoms with van der Waals surface area (Å²) in [6.07, 6.45) is 1.19. The molecule has 0 fully saturated rings. The molecule has 0 saturated carbocycles. The Morgan fingerprint density at radius 3 is 2.53 bits per heavy atom. The summed E-state index contributed by atoms with van der Waals surface area (Å²) in [6.45, 7) is 0. The van der Waals surface area contributed by atoms with Crippen LogP contribution in [0.25, 0.3) is 10.8 Å². The fraction of sp³-hybridized carbons (Fsp3) is 0.333. The van der Waals surface area contributed by atoms with Crippen molar-refractivity contribution < 1.29 is 4.74 Å². The van der Waals surface area contributed by atoms with E-state index in [9.17, 15) is 0 Å². The van der Waals surface area contributed by atoms with Crippen LogP contribution in [0.1, 0.15) is 5.56 Å². The number of nitrogens with zero attached hydrogens (tertiary/aromatic N) is 1. The van der Waals surface area contributed by atoms with Crippen LogP contribution in [0.5, 0.6) is 0 Å². The van der Waals surface area contributed by atoms with E-state index in [1.165, 1.54) is 22.0 Å². The highest BCUT2D eigenvalue weighted by molar-refractivity contribution is 5.97. The molecule has 1 aliphatic heterocycles. The first-order chi connectivity index (χ1) is 8.14. The second kappa shape index (κ2) is 3.56. The Morgan fingerprint density at radius 1 is 1.12 bits per heavy atom. The molecule has 2 nitrogen and oxygen atoms in total. The third kappa shape index (κ3) is 1.41. The van der Waals surface area contributed by atoms with Gasteiger partial charge in [-0.15, -0.1) is 0 Å². The summed E-state index contributed by atoms with van der Waals surface area (Å²) in [5.41, 5.74) is 2.76. The van der Waals surface area contributed by atoms with E-state index in [-0.39, 0.29) is 6.23 Å². The Labute approximate surface area is 102 Å². The summed E-state index contributed by atoms with van der Waals surface area (Å²) in [7, 11) is 6.25. The van der Waals surface area contributed by atoms with Crippen LogP contribution in [-0.2, 0) is 11.2 Å². The zero-order valence-corrected chi connectivity index (χ0v) is 10.6. The van der Waals surface area contributed by atoms with E-state index >= 15 is 0 Å². The minimum absolute atomic E-state index is 0.204. The number of hydrogen-bond donors (Lipinski definition) is 0. The van der Waals surface area contributed by atoms with Crippen molar-refractivity contribution in [3.05, 3.63) is 42.0 Å². The first kappa shape index (κ1) is 10.8. The zero-order chi connectivity index (χ0) is 12.0. The van der Waals surface area contributed by atoms with Crippen molar-refractivity contribution in [2.24, 2.45) is 0 Å². The lowest BCUT2D eigenvalue weighted by Crippen LogP contribution is -2.54. The van der Waals surface area contributed by atoms with Crippen LogP contribution in [0, 0.1) is 0 Å². The average Bonchev–Trinajstić information content (AvgIpc) is 2.33. The second-order valence-electron chi connectivity index (χ2n) is 5.23. The van der Waals surface area contributed by atoms with Crippen molar-refractivity contribution in [1.82, 2.24) is 4.48 Å². The van der Waals surface area contributed by atoms with Gasteiger partial charge in [-0.1, -0.05) is 30.3 Å². The number of quaternary nitrogens is 1. The normalized spacial score (nSPS) is 21.7. The molecule has 1 aliphatic rings. The Hall–Kier alpha value is -1.38. The molecule has 2 aromatic carbocycles. The SMILES string of the molecule is COC1Cc2cccc3cccc(c23)[N+]1(C)C. The fourth-order valence-electron chi connectivity index (χ4n) is 2.97. The lowest BCUT2D eigenvalue weighted by Gasteiger charge is -2.40. The van der Waals surface area contributed by atoms with Crippen molar-refractivity contribution in [2.75, 3.05) is 21.2 Å². The smallest absolute Gasteiger partial charge is 0.201 e. The van der Waals surface area contributed by atoms with Crippen LogP contribution >= 0.6 is 0 Å². The van der Waals surface area contributed by atoms with Gasteiger partial charge in [0, 0.05) is 12.5 Å². The highest BCUT2D eigenvalue weighted by Gasteiger charge is 2.37. The van der Waals surface area contributed by atoms with Crippen LogP contribution in [0.15, 0.2) is 36.4 Å². The molecule has 0 amide bonds. The van der Waals surface area contributed by atoms with Gasteiger partial charge in [0.2, 0.25) is 6.23 Å². The van der Waals surface area contributed by atoms with Gasteiger partial charge in [-0.3, -0.25) is 4.48 Å². The standard InChI is InChI=1S/C15H18NO/c1-16(2)13-9-5-7-11-6-4-8-12(15(11)13)10-14(16)17-3/h4-9,14H,10H2,1-3H3/q+1. The molecule has 0 saturated heterocycles. The molecule has 17 heavy (non-hydrogen) atoms. The minimum Gasteiger partial charge on any atom is -0.332 e. The quantitative estimate of drug-likeness (QED) is 0.682. The van der Waals surface area contributed by atoms with Crippen LogP contribution in [0.3, 0.4) is 0 Å². The van der Waals surface area contributed by atoms with Crippen molar-refractivity contribution in [2.45, 2.75) is 12.6 Å². The van der Waals surface area contributed by atoms with Crippen LogP contribution in [0.4, 0.5) is 5.69 Å². The van der Waals surface area contributed by atoms with E-state index in [4.69, 9.17) is 4.74 Å². The molecule has 3 rings (SSSR count). The molecule has 0 radical (unpaired) electrons. The van der Waals surface area contributed by atoms with Gasteiger partial charge < -0.3 is 4.74 Å². The second-order valence-corrected chi connectivity index (χ2v) is 5.23. The zero-order valence-electron chi connectivity index (χ0n) is 10.6. The van der Waals surface area contributed by atoms with E-state index in [0.29, 0.717) is 0 Å². The van der Waals surface area contributed by atoms with Crippen molar-refractivity contribution in [1.29, 1.82) is 0 Å². The summed E-state index contributed by atoms with van der Waals surface area (Å²) in [5.74, 6) is 0. The highest BCUT2D eigenvalue weighted by Crippen LogP contribution is 2.39. The van der Waals surface area contributed by atoms with E-state index < -0.39 is 0 Å². The van der Waals surface area contributed by atoms with Crippen molar-refractivity contribution in [3.8, 4) is 0 Å². The van der Waals surface area contributed by atoms with Gasteiger partial charge >= 0.3 is 0 Å². The van der Waals surface area contributed by atoms with Gasteiger partial charge in [-0.2, -0.15) is 0 Å². The van der Waals surface area contributed by atoms with Crippen LogP contribution in [0.2, 0.25) is 0 Å². The first-order valence-corrected chi connectivity index (χ1v) is 6.02. The molecule has 2 heteroatoms. The van der Waals surface area contributed by atoms with Gasteiger partial charge in [0.25, 0.3) is 0 Å². The molecule has 1 heterocycles. The maximum Gasteiger partial charge on any atom is 0.201 e. The number of rotatable bonds is 1. The summed E-state index contributed by atoms with van der Waals surface area (Å²) >= 11 is 0. The molecule has 0 spiro atoms. The number of benzene rings is 2. The monoisotopic (exact) mass is 228 g/mol. The molecule has 0 aliphatic carbocycles. The van der Waals surface area contributed by atoms with Gasteiger partial charge in [0.15, 0.2) is 0 Å². The predicted octanol–water partition coefficient (Wildman–Crippen LogP) is 2.94. The topological polar surface area (TPSA) is 9.23 Å². The highest BCUT2D eigenvalue weighted by atomic mass is 16.5. The third-order valence-electron chi connectivity index (χ3n) is 3.98. The molecule has 88 valence electrons. The number of likely N-dealkylation sites (N-methyl/N-ethyl adjacent to an activating group) is 1. The van der Waals surface area contributed by atoms with Crippen molar-refractivity contribution in [3.63, 3.8) is 0 Å². The maximum absolute atomic E-state index is 5.67. The number of ether oxygens (including phenoxy) is 1. The van der Waals surface area contributed by atoms with E-state index in [1.807, 2.05) is 0 Å². The Kier molecular flexibility index (Phi) is 2.25. The number of methoxy groups -OCH3 is 1. The maximum atomic E-state index is 5.67. The first-order valence-electron chi connectivity index (χ1n) is 6.02. The Bertz CT molecular complexity index is 569. The molecule has 1 atom stereocenters. The van der Waals surface area contributed by atoms with Gasteiger partial charge in [0.1, 0.15) is 5.69 Å². The summed E-state index contributed by atoms with van der Waals surface area (Å²) in [6, 6.07) is 13.1. The van der Waals surface area contributed by atoms with E-state index in [0.717, 1.165) is 10.9 Å².